The minimum absolute atomic E-state index is 0.00933. The monoisotopic (exact) mass is 367 g/mol. The molecule has 1 aliphatic heterocycles. The predicted molar refractivity (Wildman–Crippen MR) is 106 cm³/mol. The number of aromatic hydroxyl groups is 1. The number of benzene rings is 2. The quantitative estimate of drug-likeness (QED) is 0.684. The lowest BCUT2D eigenvalue weighted by atomic mass is 10.0. The molecular formula is C21H25N3O3. The third-order valence-electron chi connectivity index (χ3n) is 4.75. The molecule has 1 heterocycles. The average Bonchev–Trinajstić information content (AvgIpc) is 2.64. The Labute approximate surface area is 159 Å². The van der Waals surface area contributed by atoms with Gasteiger partial charge < -0.3 is 15.7 Å². The summed E-state index contributed by atoms with van der Waals surface area (Å²) in [5.41, 5.74) is 2.25. The molecule has 2 aromatic rings. The second kappa shape index (κ2) is 8.68. The lowest BCUT2D eigenvalue weighted by Crippen LogP contribution is -2.42. The van der Waals surface area contributed by atoms with Crippen LogP contribution >= 0.6 is 0 Å². The van der Waals surface area contributed by atoms with Crippen LogP contribution in [0.1, 0.15) is 30.1 Å². The van der Waals surface area contributed by atoms with E-state index < -0.39 is 0 Å². The molecule has 0 aromatic heterocycles. The molecule has 6 heteroatoms. The highest BCUT2D eigenvalue weighted by Crippen LogP contribution is 2.20. The normalized spacial score (nSPS) is 15.3. The van der Waals surface area contributed by atoms with Crippen molar-refractivity contribution in [3.63, 3.8) is 0 Å². The van der Waals surface area contributed by atoms with E-state index in [-0.39, 0.29) is 17.4 Å². The first kappa shape index (κ1) is 18.9. The van der Waals surface area contributed by atoms with Crippen LogP contribution in [0.2, 0.25) is 0 Å². The van der Waals surface area contributed by atoms with Crippen LogP contribution in [0.4, 0.5) is 11.4 Å². The zero-order valence-corrected chi connectivity index (χ0v) is 15.4. The van der Waals surface area contributed by atoms with E-state index in [4.69, 9.17) is 0 Å². The van der Waals surface area contributed by atoms with Crippen molar-refractivity contribution in [2.45, 2.75) is 25.8 Å². The first-order valence-electron chi connectivity index (χ1n) is 9.18. The highest BCUT2D eigenvalue weighted by Gasteiger charge is 2.20. The van der Waals surface area contributed by atoms with Crippen LogP contribution in [0.15, 0.2) is 48.5 Å². The Morgan fingerprint density at radius 3 is 2.41 bits per heavy atom. The summed E-state index contributed by atoms with van der Waals surface area (Å²) in [5, 5.41) is 15.9. The van der Waals surface area contributed by atoms with Gasteiger partial charge in [-0.1, -0.05) is 6.07 Å². The molecule has 0 aliphatic carbocycles. The number of piperidine rings is 1. The summed E-state index contributed by atoms with van der Waals surface area (Å²) >= 11 is 0. The van der Waals surface area contributed by atoms with Gasteiger partial charge in [0.2, 0.25) is 5.91 Å². The fourth-order valence-corrected chi connectivity index (χ4v) is 3.26. The van der Waals surface area contributed by atoms with Gasteiger partial charge >= 0.3 is 0 Å². The van der Waals surface area contributed by atoms with Crippen molar-refractivity contribution >= 4 is 23.1 Å². The van der Waals surface area contributed by atoms with E-state index in [1.165, 1.54) is 6.92 Å². The Balaban J connectivity index is 1.43. The van der Waals surface area contributed by atoms with Crippen molar-refractivity contribution in [2.75, 3.05) is 30.3 Å². The van der Waals surface area contributed by atoms with E-state index in [0.717, 1.165) is 31.6 Å². The van der Waals surface area contributed by atoms with E-state index in [0.29, 0.717) is 23.8 Å². The molecule has 27 heavy (non-hydrogen) atoms. The number of hydrogen-bond acceptors (Lipinski definition) is 5. The summed E-state index contributed by atoms with van der Waals surface area (Å²) in [6.07, 6.45) is 1.88. The maximum atomic E-state index is 12.2. The third-order valence-corrected chi connectivity index (χ3v) is 4.75. The Kier molecular flexibility index (Phi) is 6.08. The van der Waals surface area contributed by atoms with Gasteiger partial charge in [-0.15, -0.1) is 0 Å². The molecule has 1 saturated heterocycles. The van der Waals surface area contributed by atoms with Crippen LogP contribution in [0.5, 0.6) is 5.75 Å². The number of rotatable bonds is 6. The number of carbonyl (C=O) groups is 2. The Morgan fingerprint density at radius 2 is 1.78 bits per heavy atom. The van der Waals surface area contributed by atoms with E-state index in [9.17, 15) is 14.7 Å². The SMILES string of the molecule is CC(=O)c1ccc(NC(=O)CN2CCC(Nc3cccc(O)c3)CC2)cc1. The highest BCUT2D eigenvalue weighted by molar-refractivity contribution is 5.96. The van der Waals surface area contributed by atoms with Crippen molar-refractivity contribution in [2.24, 2.45) is 0 Å². The van der Waals surface area contributed by atoms with Crippen LogP contribution in [0, 0.1) is 0 Å². The molecular weight excluding hydrogens is 342 g/mol. The Hall–Kier alpha value is -2.86. The number of nitrogens with zero attached hydrogens (tertiary/aromatic N) is 1. The van der Waals surface area contributed by atoms with Gasteiger partial charge in [0.05, 0.1) is 6.54 Å². The molecule has 0 unspecified atom stereocenters. The Bertz CT molecular complexity index is 797. The molecule has 3 N–H and O–H groups in total. The maximum absolute atomic E-state index is 12.2. The van der Waals surface area contributed by atoms with Gasteiger partial charge in [-0.3, -0.25) is 14.5 Å². The molecule has 1 fully saturated rings. The minimum atomic E-state index is -0.0510. The molecule has 2 aromatic carbocycles. The zero-order valence-electron chi connectivity index (χ0n) is 15.4. The lowest BCUT2D eigenvalue weighted by molar-refractivity contribution is -0.117. The number of hydrogen-bond donors (Lipinski definition) is 3. The largest absolute Gasteiger partial charge is 0.508 e. The summed E-state index contributed by atoms with van der Waals surface area (Å²) in [6, 6.07) is 14.4. The molecule has 0 atom stereocenters. The second-order valence-electron chi connectivity index (χ2n) is 6.93. The number of anilines is 2. The van der Waals surface area contributed by atoms with Crippen LogP contribution in [0.3, 0.4) is 0 Å². The van der Waals surface area contributed by atoms with E-state index >= 15 is 0 Å². The van der Waals surface area contributed by atoms with E-state index in [1.54, 1.807) is 36.4 Å². The van der Waals surface area contributed by atoms with E-state index in [2.05, 4.69) is 15.5 Å². The first-order valence-corrected chi connectivity index (χ1v) is 9.18. The molecule has 6 nitrogen and oxygen atoms in total. The molecule has 0 spiro atoms. The van der Waals surface area contributed by atoms with Crippen LogP contribution in [0.25, 0.3) is 0 Å². The predicted octanol–water partition coefficient (Wildman–Crippen LogP) is 3.11. The summed E-state index contributed by atoms with van der Waals surface area (Å²) in [6.45, 7) is 3.56. The van der Waals surface area contributed by atoms with Crippen molar-refractivity contribution in [1.82, 2.24) is 4.90 Å². The topological polar surface area (TPSA) is 81.7 Å². The van der Waals surface area contributed by atoms with Crippen LogP contribution < -0.4 is 10.6 Å². The number of Topliss-reactive ketones (excluding diaryl/α,β-unsaturated/α-hetero) is 1. The highest BCUT2D eigenvalue weighted by atomic mass is 16.3. The van der Waals surface area contributed by atoms with Crippen LogP contribution in [-0.2, 0) is 4.79 Å². The first-order chi connectivity index (χ1) is 13.0. The van der Waals surface area contributed by atoms with Crippen LogP contribution in [-0.4, -0.2) is 47.4 Å². The van der Waals surface area contributed by atoms with Gasteiger partial charge in [0.25, 0.3) is 0 Å². The number of likely N-dealkylation sites (tertiary alicyclic amines) is 1. The van der Waals surface area contributed by atoms with Gasteiger partial charge in [0.1, 0.15) is 5.75 Å². The molecule has 1 aliphatic rings. The number of nitrogens with one attached hydrogen (secondary N) is 2. The van der Waals surface area contributed by atoms with Crippen molar-refractivity contribution < 1.29 is 14.7 Å². The molecule has 142 valence electrons. The smallest absolute Gasteiger partial charge is 0.238 e. The summed E-state index contributed by atoms with van der Waals surface area (Å²) in [7, 11) is 0. The second-order valence-corrected chi connectivity index (χ2v) is 6.93. The van der Waals surface area contributed by atoms with Gasteiger partial charge in [0.15, 0.2) is 5.78 Å². The van der Waals surface area contributed by atoms with Crippen molar-refractivity contribution in [1.29, 1.82) is 0 Å². The molecule has 3 rings (SSSR count). The van der Waals surface area contributed by atoms with E-state index in [1.807, 2.05) is 12.1 Å². The summed E-state index contributed by atoms with van der Waals surface area (Å²) in [4.78, 5) is 25.7. The van der Waals surface area contributed by atoms with Gasteiger partial charge in [0, 0.05) is 42.1 Å². The number of amides is 1. The molecule has 0 saturated carbocycles. The van der Waals surface area contributed by atoms with Gasteiger partial charge in [-0.25, -0.2) is 0 Å². The molecule has 0 bridgehead atoms. The molecule has 0 radical (unpaired) electrons. The zero-order chi connectivity index (χ0) is 19.2. The number of phenolic OH excluding ortho intramolecular Hbond substituents is 1. The van der Waals surface area contributed by atoms with Crippen molar-refractivity contribution in [3.8, 4) is 5.75 Å². The van der Waals surface area contributed by atoms with Gasteiger partial charge in [-0.05, 0) is 56.2 Å². The maximum Gasteiger partial charge on any atom is 0.238 e. The standard InChI is InChI=1S/C21H25N3O3/c1-15(25)16-5-7-17(8-6-16)23-21(27)14-24-11-9-18(10-12-24)22-19-3-2-4-20(26)13-19/h2-8,13,18,22,26H,9-12,14H2,1H3,(H,23,27). The lowest BCUT2D eigenvalue weighted by Gasteiger charge is -2.32. The summed E-state index contributed by atoms with van der Waals surface area (Å²) in [5.74, 6) is 0.213. The van der Waals surface area contributed by atoms with Gasteiger partial charge in [-0.2, -0.15) is 0 Å². The number of phenols is 1. The third kappa shape index (κ3) is 5.56. The summed E-state index contributed by atoms with van der Waals surface area (Å²) < 4.78 is 0. The molecule has 1 amide bonds. The fourth-order valence-electron chi connectivity index (χ4n) is 3.26. The van der Waals surface area contributed by atoms with Crippen molar-refractivity contribution in [3.05, 3.63) is 54.1 Å². The Morgan fingerprint density at radius 1 is 1.07 bits per heavy atom. The fraction of sp³-hybridized carbons (Fsp3) is 0.333. The minimum Gasteiger partial charge on any atom is -0.508 e. The number of ketones is 1. The number of carbonyl (C=O) groups excluding carboxylic acids is 2. The average molecular weight is 367 g/mol.